The average molecular weight is 1450 g/mol. The Kier molecular flexibility index (Phi) is 70.9. The van der Waals surface area contributed by atoms with Gasteiger partial charge in [0.15, 0.2) is 0 Å². The van der Waals surface area contributed by atoms with E-state index in [1.807, 2.05) is 18.2 Å². The number of benzene rings is 5. The number of carboxylic acids is 1. The van der Waals surface area contributed by atoms with Crippen molar-refractivity contribution in [2.24, 2.45) is 0 Å². The number of unbranched alkanes of at least 4 members (excludes halogenated alkanes) is 43. The lowest BCUT2D eigenvalue weighted by Crippen LogP contribution is -2.11. The van der Waals surface area contributed by atoms with Gasteiger partial charge in [0, 0.05) is 0 Å². The maximum atomic E-state index is 11.3. The van der Waals surface area contributed by atoms with Gasteiger partial charge in [-0.3, -0.25) is 0 Å². The topological polar surface area (TPSA) is 91.3 Å². The van der Waals surface area contributed by atoms with Gasteiger partial charge in [0.05, 0.1) is 37.6 Å². The van der Waals surface area contributed by atoms with Crippen LogP contribution in [0.15, 0.2) is 134 Å². The lowest BCUT2D eigenvalue weighted by Gasteiger charge is -2.14. The van der Waals surface area contributed by atoms with Gasteiger partial charge in [-0.15, -0.1) is 6.58 Å². The number of carbonyl (C=O) groups is 2. The van der Waals surface area contributed by atoms with Crippen molar-refractivity contribution < 1.29 is 33.6 Å². The second-order valence-corrected chi connectivity index (χ2v) is 29.8. The molecular formula is C98H162O7. The molecule has 1 N–H and O–H groups in total. The van der Waals surface area contributed by atoms with E-state index in [9.17, 15) is 9.59 Å². The number of allylic oxidation sites excluding steroid dienone is 1. The van der Waals surface area contributed by atoms with Crippen LogP contribution in [0.1, 0.15) is 405 Å². The lowest BCUT2D eigenvalue weighted by atomic mass is 10.0. The van der Waals surface area contributed by atoms with Crippen molar-refractivity contribution in [3.63, 3.8) is 0 Å². The number of hydrogen-bond acceptors (Lipinski definition) is 6. The Morgan fingerprint density at radius 2 is 0.619 bits per heavy atom. The van der Waals surface area contributed by atoms with E-state index in [2.05, 4.69) is 140 Å². The minimum atomic E-state index is -0.908. The molecule has 105 heavy (non-hydrogen) atoms. The monoisotopic (exact) mass is 1450 g/mol. The van der Waals surface area contributed by atoms with E-state index in [4.69, 9.17) is 19.3 Å². The van der Waals surface area contributed by atoms with Crippen LogP contribution in [0.25, 0.3) is 0 Å². The van der Waals surface area contributed by atoms with E-state index in [-0.39, 0.29) is 13.4 Å². The predicted molar refractivity (Wildman–Crippen MR) is 459 cm³/mol. The number of aromatic carboxylic acids is 1. The fourth-order valence-electron chi connectivity index (χ4n) is 12.7. The number of aryl methyl sites for hydroxylation is 5. The van der Waals surface area contributed by atoms with Crippen molar-refractivity contribution in [2.75, 3.05) is 20.3 Å². The summed E-state index contributed by atoms with van der Waals surface area (Å²) in [4.78, 5) is 22.0. The van der Waals surface area contributed by atoms with Gasteiger partial charge >= 0.3 is 11.9 Å². The summed E-state index contributed by atoms with van der Waals surface area (Å²) in [6.45, 7) is 22.9. The molecule has 0 spiro atoms. The molecule has 0 heterocycles. The third-order valence-electron chi connectivity index (χ3n) is 19.7. The SMILES string of the molecule is C.C=CCCCCCCCCCOc1ccc(C(=O)O)cc1.CCCCCCCCCCCCC(C)Oc1ccc(C)cc1.CCCCCCCCCCCCCc1ccc(C)cc1.CCCCCCCCCCCCc1ccc(C)cc1.CCCCCCCCCCCOc1ccc(C(=O)OC)cc1. The van der Waals surface area contributed by atoms with Crippen molar-refractivity contribution in [3.05, 3.63) is 173 Å². The molecule has 0 aliphatic carbocycles. The van der Waals surface area contributed by atoms with Gasteiger partial charge in [0.1, 0.15) is 17.2 Å². The van der Waals surface area contributed by atoms with E-state index in [1.165, 1.54) is 343 Å². The zero-order chi connectivity index (χ0) is 75.7. The largest absolute Gasteiger partial charge is 0.494 e. The van der Waals surface area contributed by atoms with Crippen LogP contribution in [0, 0.1) is 20.8 Å². The van der Waals surface area contributed by atoms with Gasteiger partial charge in [-0.25, -0.2) is 9.59 Å². The standard InChI is InChI=1S/C21H36O.C20H34.C19H30O3.C19H32.C18H26O3.CH4/c1-4-5-6-7-8-9-10-11-12-13-14-20(3)22-21-17-15-19(2)16-18-21;1-3-4-5-6-7-8-9-10-11-12-13-14-20-17-15-19(2)16-18-20;1-3-4-5-6-7-8-9-10-11-16-22-18-14-12-17(13-15-18)19(20)21-2;1-3-4-5-6-7-8-9-10-11-12-13-19-16-14-18(2)15-17-19;1-2-3-4-5-6-7-8-9-10-15-21-17-13-11-16(12-14-17)18(19)20;/h15-18,20H,4-14H2,1-3H3;15-18H,3-14H2,1-2H3;12-15H,3-11,16H2,1-2H3;14-17H,3-13H2,1-2H3;2,11-14H,1,3-10,15H2,(H,19,20);1H4. The maximum absolute atomic E-state index is 11.3. The van der Waals surface area contributed by atoms with Crippen molar-refractivity contribution in [3.8, 4) is 17.2 Å². The van der Waals surface area contributed by atoms with E-state index >= 15 is 0 Å². The Morgan fingerprint density at radius 1 is 0.352 bits per heavy atom. The summed E-state index contributed by atoms with van der Waals surface area (Å²) in [5.74, 6) is 1.34. The van der Waals surface area contributed by atoms with Crippen molar-refractivity contribution in [1.29, 1.82) is 0 Å². The van der Waals surface area contributed by atoms with E-state index in [0.29, 0.717) is 23.8 Å². The molecule has 0 aliphatic heterocycles. The molecule has 0 amide bonds. The van der Waals surface area contributed by atoms with Crippen molar-refractivity contribution >= 4 is 11.9 Å². The highest BCUT2D eigenvalue weighted by atomic mass is 16.5. The van der Waals surface area contributed by atoms with Crippen LogP contribution in [-0.2, 0) is 17.6 Å². The third kappa shape index (κ3) is 63.9. The molecule has 0 bridgehead atoms. The predicted octanol–water partition coefficient (Wildman–Crippen LogP) is 31.5. The highest BCUT2D eigenvalue weighted by molar-refractivity contribution is 5.89. The molecule has 5 aromatic rings. The van der Waals surface area contributed by atoms with E-state index in [1.54, 1.807) is 36.4 Å². The molecule has 1 unspecified atom stereocenters. The Morgan fingerprint density at radius 3 is 0.924 bits per heavy atom. The molecule has 1 atom stereocenters. The number of carboxylic acid groups (broad SMARTS) is 1. The first kappa shape index (κ1) is 99.2. The molecule has 7 heteroatoms. The fraction of sp³-hybridized carbons (Fsp3) is 0.653. The molecule has 0 aliphatic rings. The average Bonchev–Trinajstić information content (AvgIpc) is 0.919. The first-order valence-corrected chi connectivity index (χ1v) is 43.1. The Labute approximate surface area is 648 Å². The maximum Gasteiger partial charge on any atom is 0.337 e. The van der Waals surface area contributed by atoms with Crippen LogP contribution in [-0.4, -0.2) is 43.5 Å². The van der Waals surface area contributed by atoms with E-state index in [0.717, 1.165) is 43.1 Å². The number of hydrogen-bond donors (Lipinski definition) is 1. The van der Waals surface area contributed by atoms with Gasteiger partial charge in [0.2, 0.25) is 0 Å². The van der Waals surface area contributed by atoms with E-state index < -0.39 is 5.97 Å². The van der Waals surface area contributed by atoms with Crippen LogP contribution >= 0.6 is 0 Å². The summed E-state index contributed by atoms with van der Waals surface area (Å²) in [6.07, 6.45) is 71.6. The van der Waals surface area contributed by atoms with Crippen molar-refractivity contribution in [1.82, 2.24) is 0 Å². The molecule has 0 radical (unpaired) electrons. The molecule has 596 valence electrons. The Bertz CT molecular complexity index is 2620. The smallest absolute Gasteiger partial charge is 0.337 e. The van der Waals surface area contributed by atoms with Gasteiger partial charge in [-0.1, -0.05) is 382 Å². The summed E-state index contributed by atoms with van der Waals surface area (Å²) in [5.41, 5.74) is 7.88. The second kappa shape index (κ2) is 75.0. The van der Waals surface area contributed by atoms with Crippen LogP contribution in [0.5, 0.6) is 17.2 Å². The zero-order valence-electron chi connectivity index (χ0n) is 68.8. The summed E-state index contributed by atoms with van der Waals surface area (Å²) < 4.78 is 21.9. The molecule has 0 saturated heterocycles. The van der Waals surface area contributed by atoms with Gasteiger partial charge in [-0.05, 0) is 164 Å². The zero-order valence-corrected chi connectivity index (χ0v) is 68.8. The third-order valence-corrected chi connectivity index (χ3v) is 19.7. The normalized spacial score (nSPS) is 10.9. The molecule has 0 fully saturated rings. The molecule has 0 aromatic heterocycles. The summed E-state index contributed by atoms with van der Waals surface area (Å²) in [5, 5.41) is 8.79. The minimum absolute atomic E-state index is 0. The molecule has 5 rings (SSSR count). The second-order valence-electron chi connectivity index (χ2n) is 29.8. The molecule has 5 aromatic carbocycles. The number of esters is 1. The number of rotatable bonds is 60. The van der Waals surface area contributed by atoms with Crippen LogP contribution in [0.4, 0.5) is 0 Å². The summed E-state index contributed by atoms with van der Waals surface area (Å²) in [7, 11) is 1.39. The number of ether oxygens (including phenoxy) is 4. The molecule has 7 nitrogen and oxygen atoms in total. The minimum Gasteiger partial charge on any atom is -0.494 e. The first-order chi connectivity index (χ1) is 50.9. The molecule has 0 saturated carbocycles. The van der Waals surface area contributed by atoms with Crippen molar-refractivity contribution in [2.45, 2.75) is 396 Å². The first-order valence-electron chi connectivity index (χ1n) is 43.1. The Balaban J connectivity index is 0.00000129. The molecular weight excluding hydrogens is 1290 g/mol. The van der Waals surface area contributed by atoms with Crippen LogP contribution < -0.4 is 14.2 Å². The lowest BCUT2D eigenvalue weighted by molar-refractivity contribution is 0.0599. The van der Waals surface area contributed by atoms with Crippen LogP contribution in [0.3, 0.4) is 0 Å². The highest BCUT2D eigenvalue weighted by Gasteiger charge is 2.08. The highest BCUT2D eigenvalue weighted by Crippen LogP contribution is 2.21. The van der Waals surface area contributed by atoms with Crippen LogP contribution in [0.2, 0.25) is 0 Å². The van der Waals surface area contributed by atoms with Gasteiger partial charge in [0.25, 0.3) is 0 Å². The number of methoxy groups -OCH3 is 1. The Hall–Kier alpha value is -5.82. The van der Waals surface area contributed by atoms with Gasteiger partial charge < -0.3 is 24.1 Å². The van der Waals surface area contributed by atoms with Gasteiger partial charge in [-0.2, -0.15) is 0 Å². The number of carbonyl (C=O) groups excluding carboxylic acids is 1. The quantitative estimate of drug-likeness (QED) is 0.0236. The fourth-order valence-corrected chi connectivity index (χ4v) is 12.7. The summed E-state index contributed by atoms with van der Waals surface area (Å²) >= 11 is 0. The summed E-state index contributed by atoms with van der Waals surface area (Å²) in [6, 6.07) is 40.1.